The maximum absolute atomic E-state index is 12.2. The lowest BCUT2D eigenvalue weighted by Gasteiger charge is -2.28. The van der Waals surface area contributed by atoms with E-state index in [2.05, 4.69) is 0 Å². The first-order valence-electron chi connectivity index (χ1n) is 8.77. The van der Waals surface area contributed by atoms with Crippen LogP contribution >= 0.6 is 0 Å². The SMILES string of the molecule is CCCC(=O)C[C@H]1Cc2cccc(C(=O)OCOC(=O)CC)c2OB1O. The fourth-order valence-corrected chi connectivity index (χ4v) is 2.82. The first-order valence-corrected chi connectivity index (χ1v) is 8.77. The topological polar surface area (TPSA) is 99.1 Å². The van der Waals surface area contributed by atoms with E-state index < -0.39 is 25.8 Å². The van der Waals surface area contributed by atoms with Crippen LogP contribution in [0.5, 0.6) is 5.75 Å². The normalized spacial score (nSPS) is 15.7. The third-order valence-electron chi connectivity index (χ3n) is 4.16. The highest BCUT2D eigenvalue weighted by molar-refractivity contribution is 6.47. The molecule has 0 unspecified atom stereocenters. The monoisotopic (exact) mass is 362 g/mol. The molecule has 0 radical (unpaired) electrons. The summed E-state index contributed by atoms with van der Waals surface area (Å²) < 4.78 is 15.2. The van der Waals surface area contributed by atoms with Crippen molar-refractivity contribution >= 4 is 24.8 Å². The number of benzene rings is 1. The van der Waals surface area contributed by atoms with Gasteiger partial charge < -0.3 is 19.2 Å². The van der Waals surface area contributed by atoms with Gasteiger partial charge in [0.15, 0.2) is 0 Å². The minimum atomic E-state index is -1.17. The molecule has 1 atom stereocenters. The van der Waals surface area contributed by atoms with Gasteiger partial charge in [0, 0.05) is 25.1 Å². The summed E-state index contributed by atoms with van der Waals surface area (Å²) in [6.45, 7) is 3.08. The molecule has 1 N–H and O–H groups in total. The Morgan fingerprint density at radius 3 is 2.73 bits per heavy atom. The summed E-state index contributed by atoms with van der Waals surface area (Å²) >= 11 is 0. The first-order chi connectivity index (χ1) is 12.5. The average molecular weight is 362 g/mol. The van der Waals surface area contributed by atoms with Crippen LogP contribution in [-0.4, -0.2) is 36.7 Å². The zero-order valence-electron chi connectivity index (χ0n) is 15.0. The molecular formula is C18H23BO7. The Kier molecular flexibility index (Phi) is 7.21. The van der Waals surface area contributed by atoms with Crippen LogP contribution in [0.25, 0.3) is 0 Å². The number of carbonyl (C=O) groups excluding carboxylic acids is 3. The summed E-state index contributed by atoms with van der Waals surface area (Å²) in [4.78, 5) is 35.1. The predicted molar refractivity (Wildman–Crippen MR) is 93.7 cm³/mol. The third-order valence-corrected chi connectivity index (χ3v) is 4.16. The highest BCUT2D eigenvalue weighted by atomic mass is 16.7. The van der Waals surface area contributed by atoms with Crippen molar-refractivity contribution in [2.24, 2.45) is 0 Å². The van der Waals surface area contributed by atoms with Crippen LogP contribution in [0, 0.1) is 0 Å². The second kappa shape index (κ2) is 9.38. The van der Waals surface area contributed by atoms with E-state index in [4.69, 9.17) is 14.1 Å². The lowest BCUT2D eigenvalue weighted by atomic mass is 9.64. The Morgan fingerprint density at radius 2 is 2.04 bits per heavy atom. The summed E-state index contributed by atoms with van der Waals surface area (Å²) in [6, 6.07) is 4.98. The fourth-order valence-electron chi connectivity index (χ4n) is 2.82. The van der Waals surface area contributed by atoms with Crippen molar-refractivity contribution < 1.29 is 33.5 Å². The number of rotatable bonds is 8. The van der Waals surface area contributed by atoms with E-state index in [9.17, 15) is 19.4 Å². The molecule has 0 saturated heterocycles. The van der Waals surface area contributed by atoms with Gasteiger partial charge in [-0.2, -0.15) is 0 Å². The lowest BCUT2D eigenvalue weighted by Crippen LogP contribution is -2.36. The molecule has 1 aromatic carbocycles. The van der Waals surface area contributed by atoms with Gasteiger partial charge in [-0.3, -0.25) is 9.59 Å². The Morgan fingerprint density at radius 1 is 1.27 bits per heavy atom. The molecule has 1 heterocycles. The first kappa shape index (κ1) is 20.0. The second-order valence-electron chi connectivity index (χ2n) is 6.18. The second-order valence-corrected chi connectivity index (χ2v) is 6.18. The fraction of sp³-hybridized carbons (Fsp3) is 0.500. The maximum Gasteiger partial charge on any atom is 0.526 e. The van der Waals surface area contributed by atoms with Gasteiger partial charge in [-0.1, -0.05) is 26.0 Å². The molecule has 1 aliphatic heterocycles. The largest absolute Gasteiger partial charge is 0.535 e. The Balaban J connectivity index is 2.07. The standard InChI is InChI=1S/C18H23BO7/c1-3-6-14(20)10-13-9-12-7-5-8-15(17(12)26-19(13)23)18(22)25-11-24-16(21)4-2/h5,7-8,13,23H,3-4,6,9-11H2,1-2H3/t13-/m1/s1. The number of hydrogen-bond acceptors (Lipinski definition) is 7. The summed E-state index contributed by atoms with van der Waals surface area (Å²) in [6.07, 6.45) is 2.08. The molecule has 140 valence electrons. The molecule has 0 aliphatic carbocycles. The molecule has 0 saturated carbocycles. The molecule has 0 bridgehead atoms. The number of ether oxygens (including phenoxy) is 2. The van der Waals surface area contributed by atoms with Gasteiger partial charge in [-0.25, -0.2) is 4.79 Å². The van der Waals surface area contributed by atoms with E-state index in [1.54, 1.807) is 19.1 Å². The minimum absolute atomic E-state index is 0.0805. The maximum atomic E-state index is 12.2. The summed E-state index contributed by atoms with van der Waals surface area (Å²) in [5.74, 6) is -1.21. The zero-order chi connectivity index (χ0) is 19.1. The number of fused-ring (bicyclic) bond motifs is 1. The molecule has 26 heavy (non-hydrogen) atoms. The smallest absolute Gasteiger partial charge is 0.526 e. The van der Waals surface area contributed by atoms with Gasteiger partial charge in [0.1, 0.15) is 17.1 Å². The van der Waals surface area contributed by atoms with Crippen molar-refractivity contribution in [1.82, 2.24) is 0 Å². The molecule has 1 aromatic rings. The van der Waals surface area contributed by atoms with Gasteiger partial charge in [-0.15, -0.1) is 0 Å². The van der Waals surface area contributed by atoms with E-state index in [0.717, 1.165) is 12.0 Å². The van der Waals surface area contributed by atoms with E-state index in [1.165, 1.54) is 6.07 Å². The molecule has 8 heteroatoms. The highest BCUT2D eigenvalue weighted by Gasteiger charge is 2.37. The molecule has 0 aromatic heterocycles. The van der Waals surface area contributed by atoms with E-state index in [1.807, 2.05) is 6.92 Å². The summed E-state index contributed by atoms with van der Waals surface area (Å²) in [5.41, 5.74) is 0.872. The molecular weight excluding hydrogens is 339 g/mol. The van der Waals surface area contributed by atoms with E-state index >= 15 is 0 Å². The molecule has 7 nitrogen and oxygen atoms in total. The van der Waals surface area contributed by atoms with Crippen molar-refractivity contribution in [3.63, 3.8) is 0 Å². The average Bonchev–Trinajstić information content (AvgIpc) is 2.61. The van der Waals surface area contributed by atoms with E-state index in [-0.39, 0.29) is 35.8 Å². The molecule has 0 fully saturated rings. The molecule has 0 amide bonds. The van der Waals surface area contributed by atoms with Crippen molar-refractivity contribution in [3.05, 3.63) is 29.3 Å². The van der Waals surface area contributed by atoms with Crippen molar-refractivity contribution in [2.45, 2.75) is 51.8 Å². The Labute approximate surface area is 152 Å². The number of para-hydroxylation sites is 1. The number of ketones is 1. The van der Waals surface area contributed by atoms with Crippen LogP contribution in [0.4, 0.5) is 0 Å². The van der Waals surface area contributed by atoms with Crippen LogP contribution in [0.2, 0.25) is 5.82 Å². The van der Waals surface area contributed by atoms with Crippen LogP contribution < -0.4 is 4.65 Å². The summed E-state index contributed by atoms with van der Waals surface area (Å²) in [7, 11) is -1.17. The van der Waals surface area contributed by atoms with E-state index in [0.29, 0.717) is 12.8 Å². The molecule has 0 spiro atoms. The molecule has 1 aliphatic rings. The summed E-state index contributed by atoms with van der Waals surface area (Å²) in [5, 5.41) is 10.2. The Bertz CT molecular complexity index is 674. The number of carbonyl (C=O) groups is 3. The highest BCUT2D eigenvalue weighted by Crippen LogP contribution is 2.36. The van der Waals surface area contributed by atoms with Crippen molar-refractivity contribution in [2.75, 3.05) is 6.79 Å². The van der Waals surface area contributed by atoms with Gasteiger partial charge in [0.25, 0.3) is 0 Å². The minimum Gasteiger partial charge on any atom is -0.535 e. The molecule has 2 rings (SSSR count). The predicted octanol–water partition coefficient (Wildman–Crippen LogP) is 2.30. The van der Waals surface area contributed by atoms with Gasteiger partial charge >= 0.3 is 19.1 Å². The third kappa shape index (κ3) is 5.08. The van der Waals surface area contributed by atoms with Crippen LogP contribution in [-0.2, 0) is 25.5 Å². The quantitative estimate of drug-likeness (QED) is 0.430. The lowest BCUT2D eigenvalue weighted by molar-refractivity contribution is -0.151. The number of Topliss-reactive ketones (excluding diaryl/α,β-unsaturated/α-hetero) is 1. The van der Waals surface area contributed by atoms with Crippen LogP contribution in [0.15, 0.2) is 18.2 Å². The van der Waals surface area contributed by atoms with Crippen LogP contribution in [0.1, 0.15) is 55.5 Å². The van der Waals surface area contributed by atoms with Gasteiger partial charge in [-0.05, 0) is 24.5 Å². The van der Waals surface area contributed by atoms with Crippen molar-refractivity contribution in [3.8, 4) is 5.75 Å². The zero-order valence-corrected chi connectivity index (χ0v) is 15.0. The van der Waals surface area contributed by atoms with Crippen molar-refractivity contribution in [1.29, 1.82) is 0 Å². The van der Waals surface area contributed by atoms with Gasteiger partial charge in [0.2, 0.25) is 6.79 Å². The Hall–Kier alpha value is -2.35. The van der Waals surface area contributed by atoms with Gasteiger partial charge in [0.05, 0.1) is 0 Å². The number of hydrogen-bond donors (Lipinski definition) is 1. The number of esters is 2. The van der Waals surface area contributed by atoms with Crippen LogP contribution in [0.3, 0.4) is 0 Å².